The summed E-state index contributed by atoms with van der Waals surface area (Å²) in [5.41, 5.74) is 16.4. The van der Waals surface area contributed by atoms with Gasteiger partial charge in [-0.2, -0.15) is 0 Å². The van der Waals surface area contributed by atoms with Crippen LogP contribution in [-0.2, 0) is 16.2 Å². The molecule has 0 aliphatic carbocycles. The van der Waals surface area contributed by atoms with E-state index in [9.17, 15) is 16.4 Å². The van der Waals surface area contributed by atoms with Crippen LogP contribution in [0.15, 0.2) is 321 Å². The van der Waals surface area contributed by atoms with Gasteiger partial charge < -0.3 is 23.8 Å². The van der Waals surface area contributed by atoms with Crippen molar-refractivity contribution in [3.8, 4) is 44.8 Å². The van der Waals surface area contributed by atoms with Gasteiger partial charge >= 0.3 is 0 Å². The van der Waals surface area contributed by atoms with Crippen molar-refractivity contribution in [2.45, 2.75) is 78.6 Å². The number of hydrogen-bond acceptors (Lipinski definition) is 3. The van der Waals surface area contributed by atoms with Crippen molar-refractivity contribution >= 4 is 118 Å². The minimum Gasteiger partial charge on any atom is -0.311 e. The second-order valence-electron chi connectivity index (χ2n) is 29.7. The summed E-state index contributed by atoms with van der Waals surface area (Å²) in [6.45, 7) is 19.1. The number of aromatic nitrogens is 2. The lowest BCUT2D eigenvalue weighted by molar-refractivity contribution is 0.590. The first-order chi connectivity index (χ1) is 56.6. The van der Waals surface area contributed by atoms with Crippen LogP contribution in [0.2, 0.25) is 0 Å². The molecule has 0 bridgehead atoms. The maximum Gasteiger partial charge on any atom is 0.252 e. The van der Waals surface area contributed by atoms with Crippen LogP contribution in [0.3, 0.4) is 0 Å². The summed E-state index contributed by atoms with van der Waals surface area (Å²) >= 11 is 0. The first-order valence-electron chi connectivity index (χ1n) is 43.1. The highest BCUT2D eigenvalue weighted by molar-refractivity contribution is 7.00. The highest BCUT2D eigenvalue weighted by Gasteiger charge is 2.46. The lowest BCUT2D eigenvalue weighted by atomic mass is 9.33. The monoisotopic (exact) mass is 1330 g/mol. The summed E-state index contributed by atoms with van der Waals surface area (Å²) < 4.78 is 163. The molecular weight excluding hydrogens is 1230 g/mol. The van der Waals surface area contributed by atoms with Crippen LogP contribution in [0.5, 0.6) is 0 Å². The topological polar surface area (TPSA) is 19.6 Å². The number of fused-ring (bicyclic) bond motifs is 10. The van der Waals surface area contributed by atoms with E-state index in [2.05, 4.69) is 163 Å². The Bertz CT molecular complexity index is 6860. The van der Waals surface area contributed by atoms with Gasteiger partial charge in [0.25, 0.3) is 6.71 Å². The molecule has 0 radical (unpaired) electrons. The van der Waals surface area contributed by atoms with E-state index < -0.39 is 108 Å². The van der Waals surface area contributed by atoms with Crippen molar-refractivity contribution < 1.29 is 23.3 Å². The Kier molecular flexibility index (Phi) is 10.9. The standard InChI is InChI=1S/C96H80BN5/c1-94(2,3)66-47-53-86(77(55-66)63-31-15-10-16-32-63)101-88-61-72(100-85-46-30-27-43-76(85)80-60-71(50-54-87(80)100)98(69-37-21-13-22-38-69)70-39-23-14-24-40-70)48-51-81(88)97-82-52-49-73(99-83-44-28-25-41-74(83)75-42-26-29-45-84(75)99)62-89(82)102(91-59-68(96(7,8)9)58-90(101)92(91)97)93-78(64-33-17-11-18-34-64)56-67(95(4,5)6)57-79(93)65-35-19-12-20-36-65/h10-62H,1-9H3/i13D,21D,22D,25D,26D,27D,28D,29D,30D,37D,38D,41D,42D,43D,44D,45D,46D. The number of para-hydroxylation sites is 5. The molecule has 0 unspecified atom stereocenters. The predicted octanol–water partition coefficient (Wildman–Crippen LogP) is 24.3. The van der Waals surface area contributed by atoms with E-state index in [4.69, 9.17) is 6.85 Å². The molecule has 14 aromatic carbocycles. The van der Waals surface area contributed by atoms with Crippen LogP contribution >= 0.6 is 0 Å². The van der Waals surface area contributed by atoms with Gasteiger partial charge in [0.05, 0.1) is 56.7 Å². The van der Waals surface area contributed by atoms with Gasteiger partial charge in [-0.1, -0.05) is 262 Å². The summed E-state index contributed by atoms with van der Waals surface area (Å²) in [7, 11) is 0. The lowest BCUT2D eigenvalue weighted by Gasteiger charge is -2.46. The zero-order valence-corrected chi connectivity index (χ0v) is 58.1. The van der Waals surface area contributed by atoms with Gasteiger partial charge in [0.15, 0.2) is 0 Å². The Morgan fingerprint density at radius 1 is 0.304 bits per heavy atom. The van der Waals surface area contributed by atoms with Crippen LogP contribution in [0.1, 0.15) is 102 Å². The minimum absolute atomic E-state index is 0.0333. The predicted molar refractivity (Wildman–Crippen MR) is 436 cm³/mol. The summed E-state index contributed by atoms with van der Waals surface area (Å²) in [6.07, 6.45) is 0. The van der Waals surface area contributed by atoms with Crippen molar-refractivity contribution in [3.05, 3.63) is 338 Å². The molecule has 0 fully saturated rings. The second kappa shape index (κ2) is 23.9. The fourth-order valence-corrected chi connectivity index (χ4v) is 15.3. The number of nitrogens with zero attached hydrogens (tertiary/aromatic N) is 5. The Hall–Kier alpha value is -11.9. The summed E-state index contributed by atoms with van der Waals surface area (Å²) in [5, 5.41) is 0.444. The van der Waals surface area contributed by atoms with Gasteiger partial charge in [0.2, 0.25) is 0 Å². The Morgan fingerprint density at radius 2 is 0.735 bits per heavy atom. The lowest BCUT2D eigenvalue weighted by Crippen LogP contribution is -2.61. The number of rotatable bonds is 10. The van der Waals surface area contributed by atoms with Crippen LogP contribution in [0.4, 0.5) is 51.2 Å². The molecular formula is C96H80BN5. The minimum atomic E-state index is -0.686. The van der Waals surface area contributed by atoms with E-state index in [1.165, 1.54) is 0 Å². The van der Waals surface area contributed by atoms with Gasteiger partial charge in [-0.3, -0.25) is 0 Å². The largest absolute Gasteiger partial charge is 0.311 e. The molecule has 0 saturated heterocycles. The van der Waals surface area contributed by atoms with E-state index >= 15 is 0 Å². The normalized spacial score (nSPS) is 15.2. The Balaban J connectivity index is 1.01. The molecule has 0 N–H and O–H groups in total. The molecule has 2 aliphatic heterocycles. The zero-order chi connectivity index (χ0) is 84.1. The highest BCUT2D eigenvalue weighted by atomic mass is 15.2. The molecule has 2 aromatic heterocycles. The third-order valence-corrected chi connectivity index (χ3v) is 20.4. The van der Waals surface area contributed by atoms with Gasteiger partial charge in [-0.15, -0.1) is 0 Å². The molecule has 5 nitrogen and oxygen atoms in total. The SMILES string of the molecule is [2H]c1c([2H])c([2H])c(N(c2ccccc2)c2ccc3c(c2)c2c([2H])c([2H])c([2H])c([2H])c2n3-c2ccc3c(c2)N(c2ccc(C(C)(C)C)cc2-c2ccccc2)c2cc(C(C)(C)C)cc4c2B3c2ccc(-n3c5c([2H])c([2H])c([2H])c([2H])c5c5c([2H])c([2H])c([2H])c([2H])c53)cc2N4c2c(-c3ccccc3)cc(C(C)(C)C)cc2-c2ccccc2)c([2H])c1[2H]. The van der Waals surface area contributed by atoms with Crippen molar-refractivity contribution in [1.82, 2.24) is 9.13 Å². The molecule has 2 aliphatic rings. The number of hydrogen-bond donors (Lipinski definition) is 0. The Morgan fingerprint density at radius 3 is 1.25 bits per heavy atom. The summed E-state index contributed by atoms with van der Waals surface area (Å²) in [4.78, 5) is 6.29. The van der Waals surface area contributed by atoms with Crippen molar-refractivity contribution in [2.75, 3.05) is 14.7 Å². The molecule has 0 atom stereocenters. The maximum absolute atomic E-state index is 10.1. The summed E-state index contributed by atoms with van der Waals surface area (Å²) in [6, 6.07) is 65.0. The molecule has 492 valence electrons. The first-order valence-corrected chi connectivity index (χ1v) is 34.6. The molecule has 0 spiro atoms. The van der Waals surface area contributed by atoms with Crippen LogP contribution in [-0.4, -0.2) is 15.8 Å². The molecule has 0 amide bonds. The van der Waals surface area contributed by atoms with Crippen LogP contribution in [0, 0.1) is 0 Å². The Labute approximate surface area is 623 Å². The average molecular weight is 1330 g/mol. The van der Waals surface area contributed by atoms with Gasteiger partial charge in [-0.05, 0) is 187 Å². The van der Waals surface area contributed by atoms with Gasteiger partial charge in [0.1, 0.15) is 0 Å². The van der Waals surface area contributed by atoms with E-state index in [1.54, 1.807) is 45.9 Å². The van der Waals surface area contributed by atoms with Gasteiger partial charge in [0, 0.05) is 89.4 Å². The summed E-state index contributed by atoms with van der Waals surface area (Å²) in [5.74, 6) is 0. The van der Waals surface area contributed by atoms with Crippen molar-refractivity contribution in [3.63, 3.8) is 0 Å². The molecule has 0 saturated carbocycles. The second-order valence-corrected chi connectivity index (χ2v) is 29.7. The third-order valence-electron chi connectivity index (χ3n) is 20.4. The number of anilines is 9. The number of benzene rings is 14. The van der Waals surface area contributed by atoms with Gasteiger partial charge in [-0.25, -0.2) is 0 Å². The quantitative estimate of drug-likeness (QED) is 0.127. The maximum atomic E-state index is 10.1. The smallest absolute Gasteiger partial charge is 0.252 e. The zero-order valence-electron chi connectivity index (χ0n) is 75.1. The molecule has 18 rings (SSSR count). The van der Waals surface area contributed by atoms with E-state index in [-0.39, 0.29) is 55.9 Å². The highest BCUT2D eigenvalue weighted by Crippen LogP contribution is 2.54. The molecule has 16 aromatic rings. The van der Waals surface area contributed by atoms with Crippen LogP contribution < -0.4 is 31.1 Å². The van der Waals surface area contributed by atoms with E-state index in [1.807, 2.05) is 95.6 Å². The molecule has 4 heterocycles. The van der Waals surface area contributed by atoms with Crippen molar-refractivity contribution in [1.29, 1.82) is 0 Å². The van der Waals surface area contributed by atoms with Crippen LogP contribution in [0.25, 0.3) is 88.4 Å². The van der Waals surface area contributed by atoms with E-state index in [0.717, 1.165) is 89.2 Å². The first kappa shape index (κ1) is 46.5. The third kappa shape index (κ3) is 10.3. The van der Waals surface area contributed by atoms with E-state index in [0.29, 0.717) is 45.0 Å². The molecule has 6 heteroatoms. The molecule has 102 heavy (non-hydrogen) atoms. The fourth-order valence-electron chi connectivity index (χ4n) is 15.3. The van der Waals surface area contributed by atoms with Crippen molar-refractivity contribution in [2.24, 2.45) is 0 Å². The fraction of sp³-hybridized carbons (Fsp3) is 0.125. The average Bonchev–Trinajstić information content (AvgIpc) is 1.54.